The third-order valence-corrected chi connectivity index (χ3v) is 7.37. The molecule has 9 nitrogen and oxygen atoms in total. The SMILES string of the molecule is C=CCCCCCCCCC(=O)[NH+]([NH-])C(Cc1ccccc1)C(=O)OCC(O)COCC(C)(C)C(O)C(C)(C)CO. The van der Waals surface area contributed by atoms with Crippen LogP contribution in [0.4, 0.5) is 0 Å². The van der Waals surface area contributed by atoms with Gasteiger partial charge in [-0.15, -0.1) is 6.58 Å². The minimum atomic E-state index is -1.12. The molecule has 1 aromatic carbocycles. The van der Waals surface area contributed by atoms with Gasteiger partial charge in [-0.05, 0) is 24.8 Å². The number of aliphatic hydroxyl groups excluding tert-OH is 3. The number of benzene rings is 1. The van der Waals surface area contributed by atoms with Crippen LogP contribution in [0.2, 0.25) is 0 Å². The number of ether oxygens (including phenoxy) is 2. The second-order valence-electron chi connectivity index (χ2n) is 12.4. The van der Waals surface area contributed by atoms with E-state index in [0.717, 1.165) is 44.1 Å². The number of allylic oxidation sites excluding steroid dienone is 1. The molecule has 1 aromatic rings. The lowest BCUT2D eigenvalue weighted by Gasteiger charge is -2.40. The predicted molar refractivity (Wildman–Crippen MR) is 160 cm³/mol. The Morgan fingerprint density at radius 2 is 1.59 bits per heavy atom. The van der Waals surface area contributed by atoms with Gasteiger partial charge in [-0.3, -0.25) is 0 Å². The fourth-order valence-electron chi connectivity index (χ4n) is 4.77. The van der Waals surface area contributed by atoms with E-state index in [1.807, 2.05) is 50.3 Å². The zero-order chi connectivity index (χ0) is 30.9. The number of hydrogen-bond acceptors (Lipinski definition) is 7. The molecule has 41 heavy (non-hydrogen) atoms. The van der Waals surface area contributed by atoms with Gasteiger partial charge in [-0.25, -0.2) is 9.59 Å². The Hall–Kier alpha value is -2.14. The fraction of sp³-hybridized carbons (Fsp3) is 0.688. The average molecular weight is 579 g/mol. The molecule has 0 saturated carbocycles. The van der Waals surface area contributed by atoms with Crippen LogP contribution < -0.4 is 5.01 Å². The first kappa shape index (κ1) is 36.9. The maximum Gasteiger partial charge on any atom is 0.365 e. The highest BCUT2D eigenvalue weighted by molar-refractivity contribution is 5.78. The summed E-state index contributed by atoms with van der Waals surface area (Å²) in [6.07, 6.45) is 7.32. The molecule has 1 amide bonds. The van der Waals surface area contributed by atoms with Crippen LogP contribution in [-0.2, 0) is 25.5 Å². The van der Waals surface area contributed by atoms with E-state index in [1.165, 1.54) is 0 Å². The molecule has 0 aliphatic rings. The summed E-state index contributed by atoms with van der Waals surface area (Å²) in [7, 11) is 0. The first-order valence-electron chi connectivity index (χ1n) is 14.8. The minimum Gasteiger partial charge on any atom is -0.461 e. The van der Waals surface area contributed by atoms with Crippen molar-refractivity contribution in [1.29, 1.82) is 0 Å². The van der Waals surface area contributed by atoms with Gasteiger partial charge >= 0.3 is 11.9 Å². The highest BCUT2D eigenvalue weighted by Gasteiger charge is 2.39. The molecule has 5 N–H and O–H groups in total. The van der Waals surface area contributed by atoms with Gasteiger partial charge < -0.3 is 35.6 Å². The Bertz CT molecular complexity index is 891. The third-order valence-electron chi connectivity index (χ3n) is 7.37. The third kappa shape index (κ3) is 14.1. The van der Waals surface area contributed by atoms with Crippen molar-refractivity contribution in [1.82, 2.24) is 0 Å². The monoisotopic (exact) mass is 578 g/mol. The Balaban J connectivity index is 2.63. The van der Waals surface area contributed by atoms with Crippen LogP contribution in [0.3, 0.4) is 0 Å². The Kier molecular flexibility index (Phi) is 17.2. The summed E-state index contributed by atoms with van der Waals surface area (Å²) in [5, 5.41) is 30.3. The summed E-state index contributed by atoms with van der Waals surface area (Å²) < 4.78 is 11.0. The first-order valence-corrected chi connectivity index (χ1v) is 14.8. The van der Waals surface area contributed by atoms with Crippen molar-refractivity contribution in [2.75, 3.05) is 26.4 Å². The summed E-state index contributed by atoms with van der Waals surface area (Å²) in [6.45, 7) is 10.3. The van der Waals surface area contributed by atoms with Crippen LogP contribution in [-0.4, -0.2) is 71.9 Å². The van der Waals surface area contributed by atoms with Gasteiger partial charge in [-0.2, -0.15) is 0 Å². The molecule has 0 heterocycles. The molecule has 0 radical (unpaired) electrons. The minimum absolute atomic E-state index is 0.118. The lowest BCUT2D eigenvalue weighted by Crippen LogP contribution is -3.14. The van der Waals surface area contributed by atoms with Crippen molar-refractivity contribution in [2.24, 2.45) is 10.8 Å². The summed E-state index contributed by atoms with van der Waals surface area (Å²) in [6, 6.07) is 8.12. The molecule has 0 aliphatic heterocycles. The normalized spacial score (nSPS) is 15.1. The zero-order valence-corrected chi connectivity index (χ0v) is 25.6. The van der Waals surface area contributed by atoms with E-state index in [2.05, 4.69) is 6.58 Å². The second kappa shape index (κ2) is 19.1. The molecular weight excluding hydrogens is 524 g/mol. The quantitative estimate of drug-likeness (QED) is 0.0713. The van der Waals surface area contributed by atoms with Crippen LogP contribution in [0.15, 0.2) is 43.0 Å². The molecule has 0 aliphatic carbocycles. The van der Waals surface area contributed by atoms with Crippen molar-refractivity contribution in [3.05, 3.63) is 54.4 Å². The molecule has 0 fully saturated rings. The molecule has 0 saturated heterocycles. The predicted octanol–water partition coefficient (Wildman–Crippen LogP) is 3.61. The lowest BCUT2D eigenvalue weighted by molar-refractivity contribution is -0.785. The molecule has 4 atom stereocenters. The number of carbonyl (C=O) groups is 2. The topological polar surface area (TPSA) is 142 Å². The van der Waals surface area contributed by atoms with E-state index in [1.54, 1.807) is 13.8 Å². The van der Waals surface area contributed by atoms with Crippen LogP contribution in [0.25, 0.3) is 5.84 Å². The summed E-state index contributed by atoms with van der Waals surface area (Å²) >= 11 is 0. The average Bonchev–Trinajstić information content (AvgIpc) is 2.95. The zero-order valence-electron chi connectivity index (χ0n) is 25.6. The smallest absolute Gasteiger partial charge is 0.365 e. The number of nitrogens with one attached hydrogen (secondary N) is 2. The Morgan fingerprint density at radius 3 is 2.20 bits per heavy atom. The van der Waals surface area contributed by atoms with E-state index < -0.39 is 35.0 Å². The Morgan fingerprint density at radius 1 is 0.976 bits per heavy atom. The van der Waals surface area contributed by atoms with Gasteiger partial charge in [0.15, 0.2) is 6.04 Å². The van der Waals surface area contributed by atoms with Crippen molar-refractivity contribution in [3.63, 3.8) is 0 Å². The van der Waals surface area contributed by atoms with Gasteiger partial charge in [0.2, 0.25) is 0 Å². The molecular formula is C32H54N2O7. The molecule has 4 unspecified atom stereocenters. The van der Waals surface area contributed by atoms with Crippen molar-refractivity contribution in [2.45, 2.75) is 104 Å². The van der Waals surface area contributed by atoms with Gasteiger partial charge in [0.05, 0.1) is 32.3 Å². The number of esters is 1. The van der Waals surface area contributed by atoms with Gasteiger partial charge in [-0.1, -0.05) is 89.8 Å². The van der Waals surface area contributed by atoms with Crippen LogP contribution in [0.1, 0.15) is 84.6 Å². The van der Waals surface area contributed by atoms with E-state index in [4.69, 9.17) is 15.3 Å². The summed E-state index contributed by atoms with van der Waals surface area (Å²) in [4.78, 5) is 25.9. The molecule has 0 spiro atoms. The highest BCUT2D eigenvalue weighted by atomic mass is 16.6. The van der Waals surface area contributed by atoms with E-state index in [-0.39, 0.29) is 50.2 Å². The molecule has 0 bridgehead atoms. The van der Waals surface area contributed by atoms with Crippen molar-refractivity contribution >= 4 is 11.9 Å². The maximum atomic E-state index is 13.0. The second-order valence-corrected chi connectivity index (χ2v) is 12.4. The van der Waals surface area contributed by atoms with E-state index in [9.17, 15) is 24.9 Å². The fourth-order valence-corrected chi connectivity index (χ4v) is 4.77. The van der Waals surface area contributed by atoms with Crippen LogP contribution in [0.5, 0.6) is 0 Å². The van der Waals surface area contributed by atoms with Gasteiger partial charge in [0.1, 0.15) is 12.7 Å². The number of unbranched alkanes of at least 4 members (excludes halogenated alkanes) is 6. The van der Waals surface area contributed by atoms with E-state index >= 15 is 0 Å². The molecule has 0 aromatic heterocycles. The van der Waals surface area contributed by atoms with E-state index in [0.29, 0.717) is 6.42 Å². The first-order chi connectivity index (χ1) is 19.4. The Labute approximate surface area is 246 Å². The number of carbonyl (C=O) groups excluding carboxylic acids is 2. The number of rotatable bonds is 22. The van der Waals surface area contributed by atoms with Gasteiger partial charge in [0, 0.05) is 17.3 Å². The van der Waals surface area contributed by atoms with Crippen LogP contribution in [0, 0.1) is 10.8 Å². The van der Waals surface area contributed by atoms with Crippen molar-refractivity contribution in [3.8, 4) is 0 Å². The standard InChI is InChI=1S/C32H54N2O7/c1-6-7-8-9-10-11-12-16-19-28(37)34(33)27(20-25-17-14-13-15-18-25)29(38)41-22-26(36)21-40-24-32(4,5)30(39)31(2,3)23-35/h6,13-15,17-18,26-27,30,33-36,39H,1,7-12,16,19-24H2,2-5H3. The molecule has 9 heteroatoms. The van der Waals surface area contributed by atoms with Crippen molar-refractivity contribution < 1.29 is 39.4 Å². The summed E-state index contributed by atoms with van der Waals surface area (Å²) in [5.74, 6) is 7.42. The highest BCUT2D eigenvalue weighted by Crippen LogP contribution is 2.34. The van der Waals surface area contributed by atoms with Gasteiger partial charge in [0.25, 0.3) is 0 Å². The number of quaternary nitrogens is 1. The summed E-state index contributed by atoms with van der Waals surface area (Å²) in [5.41, 5.74) is -0.603. The number of aliphatic hydroxyl groups is 3. The molecule has 1 rings (SSSR count). The largest absolute Gasteiger partial charge is 0.461 e. The maximum absolute atomic E-state index is 13.0. The van der Waals surface area contributed by atoms with Crippen LogP contribution >= 0.6 is 0 Å². The molecule has 234 valence electrons. The number of hydrogen-bond donors (Lipinski definition) is 4. The lowest BCUT2D eigenvalue weighted by atomic mass is 9.73. The number of amides is 1.